The Hall–Kier alpha value is -2.54. The number of hydrogen-bond acceptors (Lipinski definition) is 8. The molecule has 0 saturated heterocycles. The number of anilines is 1. The van der Waals surface area contributed by atoms with Gasteiger partial charge in [0.2, 0.25) is 11.0 Å². The highest BCUT2D eigenvalue weighted by molar-refractivity contribution is 8.00. The number of amides is 1. The number of carbonyl (C=O) groups excluding carboxylic acids is 1. The van der Waals surface area contributed by atoms with Gasteiger partial charge in [0.1, 0.15) is 0 Å². The van der Waals surface area contributed by atoms with Crippen molar-refractivity contribution in [3.8, 4) is 6.07 Å². The Morgan fingerprint density at radius 1 is 1.35 bits per heavy atom. The van der Waals surface area contributed by atoms with Crippen LogP contribution < -0.4 is 5.32 Å². The summed E-state index contributed by atoms with van der Waals surface area (Å²) in [6, 6.07) is 9.51. The van der Waals surface area contributed by atoms with Crippen molar-refractivity contribution in [3.63, 3.8) is 0 Å². The normalized spacial score (nSPS) is 10.8. The summed E-state index contributed by atoms with van der Waals surface area (Å²) in [6.45, 7) is 1.92. The van der Waals surface area contributed by atoms with E-state index in [4.69, 9.17) is 5.26 Å². The van der Waals surface area contributed by atoms with Gasteiger partial charge in [0.05, 0.1) is 22.3 Å². The molecule has 9 heteroatoms. The SMILES string of the molecule is Cc1nc(/C=C/C(=O)Nc2nnc(SCc3ccc(C#N)cc3)s2)cs1. The van der Waals surface area contributed by atoms with Gasteiger partial charge in [-0.05, 0) is 30.7 Å². The molecule has 1 N–H and O–H groups in total. The van der Waals surface area contributed by atoms with Gasteiger partial charge in [-0.1, -0.05) is 35.2 Å². The summed E-state index contributed by atoms with van der Waals surface area (Å²) >= 11 is 4.39. The fourth-order valence-corrected chi connectivity index (χ4v) is 4.20. The number of nitrogens with one attached hydrogen (secondary N) is 1. The lowest BCUT2D eigenvalue weighted by atomic mass is 10.2. The molecule has 0 spiro atoms. The van der Waals surface area contributed by atoms with Crippen molar-refractivity contribution in [3.05, 3.63) is 57.6 Å². The predicted octanol–water partition coefficient (Wildman–Crippen LogP) is 4.12. The van der Waals surface area contributed by atoms with E-state index in [1.807, 2.05) is 24.4 Å². The maximum absolute atomic E-state index is 11.9. The maximum Gasteiger partial charge on any atom is 0.250 e. The van der Waals surface area contributed by atoms with Crippen molar-refractivity contribution in [1.82, 2.24) is 15.2 Å². The maximum atomic E-state index is 11.9. The third-order valence-corrected chi connectivity index (χ3v) is 5.96. The zero-order valence-electron chi connectivity index (χ0n) is 13.7. The lowest BCUT2D eigenvalue weighted by Crippen LogP contribution is -2.07. The van der Waals surface area contributed by atoms with Crippen molar-refractivity contribution < 1.29 is 4.79 Å². The number of rotatable bonds is 6. The van der Waals surface area contributed by atoms with Crippen molar-refractivity contribution in [2.75, 3.05) is 5.32 Å². The molecule has 1 amide bonds. The lowest BCUT2D eigenvalue weighted by molar-refractivity contribution is -0.111. The van der Waals surface area contributed by atoms with Crippen LogP contribution in [-0.4, -0.2) is 21.1 Å². The number of aromatic nitrogens is 3. The highest BCUT2D eigenvalue weighted by Gasteiger charge is 2.07. The van der Waals surface area contributed by atoms with Crippen LogP contribution in [0.4, 0.5) is 5.13 Å². The monoisotopic (exact) mass is 399 g/mol. The van der Waals surface area contributed by atoms with E-state index >= 15 is 0 Å². The lowest BCUT2D eigenvalue weighted by Gasteiger charge is -1.98. The van der Waals surface area contributed by atoms with E-state index in [0.717, 1.165) is 26.4 Å². The van der Waals surface area contributed by atoms with Gasteiger partial charge in [0.25, 0.3) is 0 Å². The molecule has 3 rings (SSSR count). The number of hydrogen-bond donors (Lipinski definition) is 1. The Balaban J connectivity index is 1.51. The smallest absolute Gasteiger partial charge is 0.250 e. The van der Waals surface area contributed by atoms with Gasteiger partial charge >= 0.3 is 0 Å². The average Bonchev–Trinajstić information content (AvgIpc) is 3.27. The van der Waals surface area contributed by atoms with Gasteiger partial charge in [-0.15, -0.1) is 21.5 Å². The van der Waals surface area contributed by atoms with Gasteiger partial charge in [-0.3, -0.25) is 10.1 Å². The molecule has 3 aromatic rings. The van der Waals surface area contributed by atoms with E-state index in [2.05, 4.69) is 26.6 Å². The van der Waals surface area contributed by atoms with E-state index in [1.54, 1.807) is 18.2 Å². The Labute approximate surface area is 162 Å². The third-order valence-electron chi connectivity index (χ3n) is 3.12. The molecular formula is C17H13N5OS3. The fraction of sp³-hybridized carbons (Fsp3) is 0.118. The summed E-state index contributed by atoms with van der Waals surface area (Å²) in [5.41, 5.74) is 2.50. The van der Waals surface area contributed by atoms with Crippen molar-refractivity contribution in [1.29, 1.82) is 5.26 Å². The molecule has 0 aliphatic rings. The summed E-state index contributed by atoms with van der Waals surface area (Å²) in [6.07, 6.45) is 3.10. The molecule has 0 atom stereocenters. The summed E-state index contributed by atoms with van der Waals surface area (Å²) in [4.78, 5) is 16.2. The van der Waals surface area contributed by atoms with Gasteiger partial charge < -0.3 is 0 Å². The molecule has 0 fully saturated rings. The number of carbonyl (C=O) groups is 1. The minimum atomic E-state index is -0.268. The first-order chi connectivity index (χ1) is 12.6. The summed E-state index contributed by atoms with van der Waals surface area (Å²) in [7, 11) is 0. The minimum Gasteiger partial charge on any atom is -0.297 e. The minimum absolute atomic E-state index is 0.268. The second-order valence-corrected chi connectivity index (χ2v) is 8.35. The first-order valence-electron chi connectivity index (χ1n) is 7.49. The van der Waals surface area contributed by atoms with Crippen molar-refractivity contribution >= 4 is 51.6 Å². The van der Waals surface area contributed by atoms with E-state index < -0.39 is 0 Å². The molecule has 0 aliphatic carbocycles. The van der Waals surface area contributed by atoms with E-state index in [0.29, 0.717) is 10.7 Å². The number of thiazole rings is 1. The van der Waals surface area contributed by atoms with Gasteiger partial charge in [-0.2, -0.15) is 5.26 Å². The molecule has 2 aromatic heterocycles. The van der Waals surface area contributed by atoms with Crippen LogP contribution in [0.1, 0.15) is 21.8 Å². The number of nitrogens with zero attached hydrogens (tertiary/aromatic N) is 4. The molecule has 0 radical (unpaired) electrons. The Morgan fingerprint density at radius 2 is 2.15 bits per heavy atom. The number of thioether (sulfide) groups is 1. The average molecular weight is 400 g/mol. The van der Waals surface area contributed by atoms with Gasteiger partial charge in [0, 0.05) is 17.2 Å². The highest BCUT2D eigenvalue weighted by atomic mass is 32.2. The molecule has 0 unspecified atom stereocenters. The molecule has 0 bridgehead atoms. The van der Waals surface area contributed by atoms with Crippen LogP contribution in [0, 0.1) is 18.3 Å². The second-order valence-electron chi connectivity index (χ2n) is 5.08. The molecular weight excluding hydrogens is 386 g/mol. The standard InChI is InChI=1S/C17H13N5OS3/c1-11-19-14(10-24-11)6-7-15(23)20-16-21-22-17(26-16)25-9-13-4-2-12(8-18)3-5-13/h2-7,10H,9H2,1H3,(H,20,21,23)/b7-6+. The molecule has 1 aromatic carbocycles. The summed E-state index contributed by atoms with van der Waals surface area (Å²) < 4.78 is 0.767. The highest BCUT2D eigenvalue weighted by Crippen LogP contribution is 2.28. The topological polar surface area (TPSA) is 91.6 Å². The van der Waals surface area contributed by atoms with Gasteiger partial charge in [0.15, 0.2) is 4.34 Å². The van der Waals surface area contributed by atoms with Gasteiger partial charge in [-0.25, -0.2) is 4.98 Å². The zero-order valence-corrected chi connectivity index (χ0v) is 16.1. The molecule has 2 heterocycles. The molecule has 0 saturated carbocycles. The predicted molar refractivity (Wildman–Crippen MR) is 105 cm³/mol. The molecule has 0 aliphatic heterocycles. The van der Waals surface area contributed by atoms with E-state index in [1.165, 1.54) is 40.5 Å². The Bertz CT molecular complexity index is 969. The summed E-state index contributed by atoms with van der Waals surface area (Å²) in [5.74, 6) is 0.452. The number of aryl methyl sites for hydroxylation is 1. The Morgan fingerprint density at radius 3 is 2.85 bits per heavy atom. The van der Waals surface area contributed by atoms with Crippen LogP contribution in [0.2, 0.25) is 0 Å². The van der Waals surface area contributed by atoms with Crippen LogP contribution >= 0.6 is 34.4 Å². The van der Waals surface area contributed by atoms with Crippen LogP contribution in [0.15, 0.2) is 40.1 Å². The summed E-state index contributed by atoms with van der Waals surface area (Å²) in [5, 5.41) is 22.9. The number of benzene rings is 1. The Kier molecular flexibility index (Phi) is 6.12. The quantitative estimate of drug-likeness (QED) is 0.381. The zero-order chi connectivity index (χ0) is 18.4. The van der Waals surface area contributed by atoms with E-state index in [9.17, 15) is 4.79 Å². The fourth-order valence-electron chi connectivity index (χ4n) is 1.90. The largest absolute Gasteiger partial charge is 0.297 e. The first kappa shape index (κ1) is 18.3. The first-order valence-corrected chi connectivity index (χ1v) is 10.2. The van der Waals surface area contributed by atoms with Crippen LogP contribution in [0.3, 0.4) is 0 Å². The van der Waals surface area contributed by atoms with Crippen LogP contribution in [-0.2, 0) is 10.5 Å². The molecule has 130 valence electrons. The van der Waals surface area contributed by atoms with E-state index in [-0.39, 0.29) is 5.91 Å². The van der Waals surface area contributed by atoms with Crippen molar-refractivity contribution in [2.24, 2.45) is 0 Å². The van der Waals surface area contributed by atoms with Crippen LogP contribution in [0.5, 0.6) is 0 Å². The number of nitriles is 1. The van der Waals surface area contributed by atoms with Crippen molar-refractivity contribution in [2.45, 2.75) is 17.0 Å². The molecule has 26 heavy (non-hydrogen) atoms. The third kappa shape index (κ3) is 5.23. The van der Waals surface area contributed by atoms with Crippen LogP contribution in [0.25, 0.3) is 6.08 Å². The second kappa shape index (κ2) is 8.71. The molecule has 6 nitrogen and oxygen atoms in total.